The minimum absolute atomic E-state index is 0.102. The van der Waals surface area contributed by atoms with E-state index < -0.39 is 0 Å². The van der Waals surface area contributed by atoms with E-state index in [9.17, 15) is 9.59 Å². The molecule has 202 valence electrons. The van der Waals surface area contributed by atoms with Gasteiger partial charge < -0.3 is 19.7 Å². The van der Waals surface area contributed by atoms with Gasteiger partial charge in [0.15, 0.2) is 0 Å². The summed E-state index contributed by atoms with van der Waals surface area (Å²) < 4.78 is 12.8. The van der Waals surface area contributed by atoms with Crippen LogP contribution >= 0.6 is 0 Å². The molecule has 1 aromatic heterocycles. The molecule has 3 aromatic rings. The maximum absolute atomic E-state index is 13.6. The molecular formula is C29H37N5O4. The molecule has 0 saturated carbocycles. The first-order chi connectivity index (χ1) is 18.3. The molecule has 0 spiro atoms. The summed E-state index contributed by atoms with van der Waals surface area (Å²) in [5.41, 5.74) is 4.88. The Morgan fingerprint density at radius 1 is 1.05 bits per heavy atom. The van der Waals surface area contributed by atoms with Crippen molar-refractivity contribution in [2.75, 3.05) is 31.8 Å². The highest BCUT2D eigenvalue weighted by Crippen LogP contribution is 2.41. The van der Waals surface area contributed by atoms with E-state index in [4.69, 9.17) is 9.47 Å². The van der Waals surface area contributed by atoms with Crippen LogP contribution in [0.2, 0.25) is 0 Å². The fourth-order valence-corrected chi connectivity index (χ4v) is 4.78. The van der Waals surface area contributed by atoms with Crippen molar-refractivity contribution in [2.45, 2.75) is 58.7 Å². The van der Waals surface area contributed by atoms with Gasteiger partial charge in [-0.2, -0.15) is 0 Å². The predicted molar refractivity (Wildman–Crippen MR) is 147 cm³/mol. The van der Waals surface area contributed by atoms with Crippen LogP contribution in [0.25, 0.3) is 22.5 Å². The van der Waals surface area contributed by atoms with Crippen molar-refractivity contribution < 1.29 is 19.1 Å². The lowest BCUT2D eigenvalue weighted by Crippen LogP contribution is -2.35. The summed E-state index contributed by atoms with van der Waals surface area (Å²) in [6.07, 6.45) is 0.918. The van der Waals surface area contributed by atoms with E-state index in [0.29, 0.717) is 39.3 Å². The zero-order valence-electron chi connectivity index (χ0n) is 22.7. The Kier molecular flexibility index (Phi) is 8.91. The molecule has 0 fully saturated rings. The zero-order chi connectivity index (χ0) is 27.1. The fraction of sp³-hybridized carbons (Fsp3) is 0.448. The number of methoxy groups -OCH3 is 1. The van der Waals surface area contributed by atoms with E-state index in [1.165, 1.54) is 0 Å². The van der Waals surface area contributed by atoms with Gasteiger partial charge in [-0.1, -0.05) is 47.7 Å². The van der Waals surface area contributed by atoms with Crippen LogP contribution in [0.1, 0.15) is 45.6 Å². The van der Waals surface area contributed by atoms with Gasteiger partial charge in [0.05, 0.1) is 36.7 Å². The molecule has 0 radical (unpaired) electrons. The van der Waals surface area contributed by atoms with Crippen LogP contribution in [0.15, 0.2) is 48.5 Å². The Labute approximate surface area is 224 Å². The summed E-state index contributed by atoms with van der Waals surface area (Å²) in [5.74, 6) is -0.262. The quantitative estimate of drug-likeness (QED) is 0.408. The lowest BCUT2D eigenvalue weighted by molar-refractivity contribution is -0.125. The van der Waals surface area contributed by atoms with Gasteiger partial charge in [0.2, 0.25) is 11.8 Å². The van der Waals surface area contributed by atoms with Gasteiger partial charge in [-0.05, 0) is 38.8 Å². The van der Waals surface area contributed by atoms with Crippen LogP contribution in [0.3, 0.4) is 0 Å². The number of hydrogen-bond donors (Lipinski definition) is 1. The average molecular weight is 520 g/mol. The number of nitrogens with zero attached hydrogens (tertiary/aromatic N) is 4. The number of hydrogen-bond acceptors (Lipinski definition) is 6. The van der Waals surface area contributed by atoms with E-state index in [1.807, 2.05) is 74.0 Å². The molecule has 1 aliphatic rings. The standard InChI is InChI=1S/C29H37N5O4/c1-5-38-29(2,3)16-17-30-25(35)14-15-26(36)33-20-21-10-6-7-11-22(21)28-27(23-12-8-9-13-24(23)33)31-32-34(28)18-19-37-4/h6-13H,5,14-20H2,1-4H3,(H,30,35). The summed E-state index contributed by atoms with van der Waals surface area (Å²) in [5, 5.41) is 11.9. The molecule has 2 heterocycles. The largest absolute Gasteiger partial charge is 0.383 e. The van der Waals surface area contributed by atoms with Crippen molar-refractivity contribution >= 4 is 17.5 Å². The normalized spacial score (nSPS) is 12.7. The molecule has 0 unspecified atom stereocenters. The van der Waals surface area contributed by atoms with Gasteiger partial charge >= 0.3 is 0 Å². The third-order valence-corrected chi connectivity index (χ3v) is 6.74. The summed E-state index contributed by atoms with van der Waals surface area (Å²) >= 11 is 0. The number of amides is 2. The first-order valence-electron chi connectivity index (χ1n) is 13.2. The maximum atomic E-state index is 13.6. The second kappa shape index (κ2) is 12.3. The van der Waals surface area contributed by atoms with Crippen LogP contribution < -0.4 is 10.2 Å². The number of para-hydroxylation sites is 1. The third kappa shape index (κ3) is 6.28. The highest BCUT2D eigenvalue weighted by Gasteiger charge is 2.29. The monoisotopic (exact) mass is 519 g/mol. The first-order valence-corrected chi connectivity index (χ1v) is 13.2. The minimum Gasteiger partial charge on any atom is -0.383 e. The zero-order valence-corrected chi connectivity index (χ0v) is 22.7. The summed E-state index contributed by atoms with van der Waals surface area (Å²) in [7, 11) is 1.66. The number of fused-ring (bicyclic) bond motifs is 5. The molecule has 0 aliphatic carbocycles. The average Bonchev–Trinajstić information content (AvgIpc) is 3.31. The Balaban J connectivity index is 1.56. The molecule has 9 heteroatoms. The second-order valence-corrected chi connectivity index (χ2v) is 9.95. The number of aromatic nitrogens is 3. The number of anilines is 1. The fourth-order valence-electron chi connectivity index (χ4n) is 4.78. The van der Waals surface area contributed by atoms with Gasteiger partial charge in [0.25, 0.3) is 0 Å². The molecule has 1 N–H and O–H groups in total. The Morgan fingerprint density at radius 3 is 2.55 bits per heavy atom. The van der Waals surface area contributed by atoms with Gasteiger partial charge in [-0.15, -0.1) is 5.10 Å². The van der Waals surface area contributed by atoms with Gasteiger partial charge in [-0.25, -0.2) is 4.68 Å². The number of carbonyl (C=O) groups excluding carboxylic acids is 2. The molecule has 38 heavy (non-hydrogen) atoms. The van der Waals surface area contributed by atoms with Crippen molar-refractivity contribution in [2.24, 2.45) is 0 Å². The van der Waals surface area contributed by atoms with Crippen molar-refractivity contribution in [1.29, 1.82) is 0 Å². The maximum Gasteiger partial charge on any atom is 0.227 e. The molecule has 4 rings (SSSR count). The molecule has 0 atom stereocenters. The third-order valence-electron chi connectivity index (χ3n) is 6.74. The Hall–Kier alpha value is -3.56. The first kappa shape index (κ1) is 27.5. The van der Waals surface area contributed by atoms with E-state index in [2.05, 4.69) is 15.6 Å². The number of rotatable bonds is 11. The van der Waals surface area contributed by atoms with Crippen LogP contribution in [0.5, 0.6) is 0 Å². The minimum atomic E-state index is -0.302. The molecule has 2 aromatic carbocycles. The van der Waals surface area contributed by atoms with Crippen molar-refractivity contribution in [3.63, 3.8) is 0 Å². The number of ether oxygens (including phenoxy) is 2. The van der Waals surface area contributed by atoms with Crippen molar-refractivity contribution in [1.82, 2.24) is 20.3 Å². The highest BCUT2D eigenvalue weighted by atomic mass is 16.5. The smallest absolute Gasteiger partial charge is 0.227 e. The van der Waals surface area contributed by atoms with Gasteiger partial charge in [0.1, 0.15) is 5.69 Å². The van der Waals surface area contributed by atoms with Crippen LogP contribution in [0.4, 0.5) is 5.69 Å². The van der Waals surface area contributed by atoms with E-state index in [-0.39, 0.29) is 30.3 Å². The van der Waals surface area contributed by atoms with Gasteiger partial charge in [0, 0.05) is 44.2 Å². The summed E-state index contributed by atoms with van der Waals surface area (Å²) in [6.45, 7) is 8.55. The topological polar surface area (TPSA) is 98.6 Å². The van der Waals surface area contributed by atoms with Crippen LogP contribution in [-0.4, -0.2) is 59.3 Å². The highest BCUT2D eigenvalue weighted by molar-refractivity contribution is 6.01. The molecule has 9 nitrogen and oxygen atoms in total. The number of carbonyl (C=O) groups is 2. The predicted octanol–water partition coefficient (Wildman–Crippen LogP) is 4.21. The SMILES string of the molecule is CCOC(C)(C)CCNC(=O)CCC(=O)N1Cc2ccccc2-c2c(nnn2CCOC)-c2ccccc21. The van der Waals surface area contributed by atoms with E-state index >= 15 is 0 Å². The number of nitrogens with one attached hydrogen (secondary N) is 1. The summed E-state index contributed by atoms with van der Waals surface area (Å²) in [6, 6.07) is 15.7. The summed E-state index contributed by atoms with van der Waals surface area (Å²) in [4.78, 5) is 27.9. The molecule has 0 bridgehead atoms. The van der Waals surface area contributed by atoms with Gasteiger partial charge in [-0.3, -0.25) is 9.59 Å². The lowest BCUT2D eigenvalue weighted by atomic mass is 9.95. The molecular weight excluding hydrogens is 482 g/mol. The number of benzene rings is 2. The molecule has 0 saturated heterocycles. The Morgan fingerprint density at radius 2 is 1.79 bits per heavy atom. The molecule has 1 aliphatic heterocycles. The van der Waals surface area contributed by atoms with Crippen molar-refractivity contribution in [3.8, 4) is 22.5 Å². The van der Waals surface area contributed by atoms with E-state index in [0.717, 1.165) is 33.8 Å². The van der Waals surface area contributed by atoms with Crippen LogP contribution in [-0.2, 0) is 32.2 Å². The van der Waals surface area contributed by atoms with E-state index in [1.54, 1.807) is 12.0 Å². The van der Waals surface area contributed by atoms with Crippen molar-refractivity contribution in [3.05, 3.63) is 54.1 Å². The molecule has 2 amide bonds. The Bertz CT molecular complexity index is 1270. The second-order valence-electron chi connectivity index (χ2n) is 9.95. The lowest BCUT2D eigenvalue weighted by Gasteiger charge is -2.28. The van der Waals surface area contributed by atoms with Crippen LogP contribution in [0, 0.1) is 0 Å².